The molecule has 1 atom stereocenters. The van der Waals surface area contributed by atoms with E-state index in [0.29, 0.717) is 23.6 Å². The zero-order valence-corrected chi connectivity index (χ0v) is 17.0. The maximum absolute atomic E-state index is 12.5. The molecule has 2 fully saturated rings. The van der Waals surface area contributed by atoms with Crippen LogP contribution in [0.5, 0.6) is 0 Å². The number of hydrogen-bond donors (Lipinski definition) is 2. The van der Waals surface area contributed by atoms with Gasteiger partial charge >= 0.3 is 12.0 Å². The lowest BCUT2D eigenvalue weighted by atomic mass is 9.98. The van der Waals surface area contributed by atoms with Crippen LogP contribution in [0.4, 0.5) is 10.5 Å². The molecular weight excluding hydrogens is 398 g/mol. The zero-order valence-electron chi connectivity index (χ0n) is 16.2. The number of halogens is 1. The molecule has 1 saturated heterocycles. The minimum Gasteiger partial charge on any atom is -0.453 e. The van der Waals surface area contributed by atoms with Crippen LogP contribution < -0.4 is 10.6 Å². The second-order valence-electron chi connectivity index (χ2n) is 7.41. The lowest BCUT2D eigenvalue weighted by Crippen LogP contribution is -2.44. The molecule has 8 nitrogen and oxygen atoms in total. The van der Waals surface area contributed by atoms with Crippen molar-refractivity contribution in [2.75, 3.05) is 11.9 Å². The number of benzene rings is 1. The Morgan fingerprint density at radius 1 is 1.31 bits per heavy atom. The van der Waals surface area contributed by atoms with E-state index in [1.807, 2.05) is 0 Å². The van der Waals surface area contributed by atoms with Gasteiger partial charge in [0.2, 0.25) is 0 Å². The van der Waals surface area contributed by atoms with E-state index >= 15 is 0 Å². The molecule has 0 bridgehead atoms. The van der Waals surface area contributed by atoms with Gasteiger partial charge in [0.05, 0.1) is 0 Å². The Morgan fingerprint density at radius 3 is 2.72 bits per heavy atom. The lowest BCUT2D eigenvalue weighted by molar-refractivity contribution is -0.153. The fourth-order valence-electron chi connectivity index (χ4n) is 3.70. The van der Waals surface area contributed by atoms with Gasteiger partial charge in [-0.3, -0.25) is 19.3 Å². The number of anilines is 1. The summed E-state index contributed by atoms with van der Waals surface area (Å²) in [5.41, 5.74) is -0.241. The molecule has 1 aliphatic heterocycles. The summed E-state index contributed by atoms with van der Waals surface area (Å²) in [6, 6.07) is 6.23. The van der Waals surface area contributed by atoms with Gasteiger partial charge in [0.15, 0.2) is 6.10 Å². The van der Waals surface area contributed by atoms with Gasteiger partial charge in [0, 0.05) is 23.7 Å². The van der Waals surface area contributed by atoms with Crippen molar-refractivity contribution in [2.24, 2.45) is 0 Å². The number of carbonyl (C=O) groups excluding carboxylic acids is 4. The maximum atomic E-state index is 12.5. The second-order valence-corrected chi connectivity index (χ2v) is 7.85. The van der Waals surface area contributed by atoms with Crippen molar-refractivity contribution >= 4 is 41.1 Å². The molecule has 0 radical (unpaired) electrons. The van der Waals surface area contributed by atoms with Crippen LogP contribution in [0, 0.1) is 0 Å². The first-order valence-electron chi connectivity index (χ1n) is 9.71. The van der Waals surface area contributed by atoms with Crippen molar-refractivity contribution in [1.82, 2.24) is 10.2 Å². The highest BCUT2D eigenvalue weighted by atomic mass is 35.5. The van der Waals surface area contributed by atoms with E-state index in [1.54, 1.807) is 24.3 Å². The van der Waals surface area contributed by atoms with Gasteiger partial charge in [0.1, 0.15) is 5.54 Å². The number of rotatable bonds is 7. The molecule has 3 rings (SSSR count). The average molecular weight is 422 g/mol. The topological polar surface area (TPSA) is 105 Å². The lowest BCUT2D eigenvalue weighted by Gasteiger charge is -2.20. The fraction of sp³-hybridized carbons (Fsp3) is 0.500. The molecule has 0 unspecified atom stereocenters. The number of amides is 4. The molecule has 9 heteroatoms. The van der Waals surface area contributed by atoms with Gasteiger partial charge in [-0.15, -0.1) is 0 Å². The van der Waals surface area contributed by atoms with E-state index in [4.69, 9.17) is 16.3 Å². The van der Waals surface area contributed by atoms with E-state index in [0.717, 1.165) is 12.8 Å². The number of imide groups is 1. The van der Waals surface area contributed by atoms with Crippen LogP contribution in [0.1, 0.15) is 45.4 Å². The van der Waals surface area contributed by atoms with E-state index in [9.17, 15) is 19.2 Å². The summed E-state index contributed by atoms with van der Waals surface area (Å²) in [4.78, 5) is 50.0. The van der Waals surface area contributed by atoms with Crippen LogP contribution in [0.2, 0.25) is 5.02 Å². The predicted octanol–water partition coefficient (Wildman–Crippen LogP) is 2.86. The Labute approximate surface area is 173 Å². The van der Waals surface area contributed by atoms with E-state index < -0.39 is 29.6 Å². The van der Waals surface area contributed by atoms with Crippen molar-refractivity contribution in [3.05, 3.63) is 29.3 Å². The summed E-state index contributed by atoms with van der Waals surface area (Å²) in [6.07, 6.45) is 2.45. The fourth-order valence-corrected chi connectivity index (χ4v) is 3.89. The first-order chi connectivity index (χ1) is 13.8. The van der Waals surface area contributed by atoms with E-state index in [-0.39, 0.29) is 25.3 Å². The van der Waals surface area contributed by atoms with Crippen molar-refractivity contribution in [2.45, 2.75) is 57.1 Å². The largest absolute Gasteiger partial charge is 0.453 e. The molecule has 1 saturated carbocycles. The van der Waals surface area contributed by atoms with E-state index in [1.165, 1.54) is 11.8 Å². The molecular formula is C20H24ClN3O5. The number of ether oxygens (including phenoxy) is 1. The number of esters is 1. The van der Waals surface area contributed by atoms with Crippen LogP contribution in [-0.2, 0) is 19.1 Å². The Morgan fingerprint density at radius 2 is 2.03 bits per heavy atom. The van der Waals surface area contributed by atoms with Gasteiger partial charge in [-0.05, 0) is 44.4 Å². The molecule has 2 N–H and O–H groups in total. The first-order valence-corrected chi connectivity index (χ1v) is 10.1. The zero-order chi connectivity index (χ0) is 21.0. The monoisotopic (exact) mass is 421 g/mol. The first kappa shape index (κ1) is 21.1. The Balaban J connectivity index is 1.42. The van der Waals surface area contributed by atoms with Crippen LogP contribution >= 0.6 is 11.6 Å². The van der Waals surface area contributed by atoms with Gasteiger partial charge in [-0.2, -0.15) is 0 Å². The van der Waals surface area contributed by atoms with Crippen molar-refractivity contribution in [1.29, 1.82) is 0 Å². The molecule has 0 aromatic heterocycles. The molecule has 4 amide bonds. The summed E-state index contributed by atoms with van der Waals surface area (Å²) in [6.45, 7) is 1.61. The molecule has 156 valence electrons. The summed E-state index contributed by atoms with van der Waals surface area (Å²) in [5, 5.41) is 5.90. The molecule has 29 heavy (non-hydrogen) atoms. The van der Waals surface area contributed by atoms with Crippen LogP contribution in [0.3, 0.4) is 0 Å². The SMILES string of the molecule is C[C@H](OC(=O)CCCN1C(=O)NC2(CCCC2)C1=O)C(=O)Nc1cccc(Cl)c1. The van der Waals surface area contributed by atoms with Crippen molar-refractivity contribution in [3.8, 4) is 0 Å². The maximum Gasteiger partial charge on any atom is 0.325 e. The van der Waals surface area contributed by atoms with Crippen LogP contribution in [0.25, 0.3) is 0 Å². The van der Waals surface area contributed by atoms with Crippen molar-refractivity contribution < 1.29 is 23.9 Å². The highest BCUT2D eigenvalue weighted by Gasteiger charge is 2.52. The highest BCUT2D eigenvalue weighted by Crippen LogP contribution is 2.35. The minimum absolute atomic E-state index is 0.00115. The summed E-state index contributed by atoms with van der Waals surface area (Å²) in [5.74, 6) is -1.25. The summed E-state index contributed by atoms with van der Waals surface area (Å²) >= 11 is 5.87. The number of nitrogens with zero attached hydrogens (tertiary/aromatic N) is 1. The number of hydrogen-bond acceptors (Lipinski definition) is 5. The Kier molecular flexibility index (Phi) is 6.42. The van der Waals surface area contributed by atoms with Crippen LogP contribution in [-0.4, -0.2) is 46.9 Å². The van der Waals surface area contributed by atoms with Gasteiger partial charge in [-0.1, -0.05) is 30.5 Å². The Bertz CT molecular complexity index is 822. The predicted molar refractivity (Wildman–Crippen MR) is 106 cm³/mol. The minimum atomic E-state index is -0.986. The van der Waals surface area contributed by atoms with Gasteiger partial charge < -0.3 is 15.4 Å². The standard InChI is InChI=1S/C20H24ClN3O5/c1-13(17(26)22-15-7-4-6-14(21)12-15)29-16(25)8-5-11-24-18(27)20(23-19(24)28)9-2-3-10-20/h4,6-7,12-13H,2-3,5,8-11H2,1H3,(H,22,26)(H,23,28)/t13-/m0/s1. The molecule has 1 aliphatic carbocycles. The molecule has 1 aromatic rings. The highest BCUT2D eigenvalue weighted by molar-refractivity contribution is 6.30. The number of urea groups is 1. The smallest absolute Gasteiger partial charge is 0.325 e. The summed E-state index contributed by atoms with van der Waals surface area (Å²) < 4.78 is 5.14. The normalized spacial score (nSPS) is 18.6. The van der Waals surface area contributed by atoms with E-state index in [2.05, 4.69) is 10.6 Å². The molecule has 1 aromatic carbocycles. The third-order valence-electron chi connectivity index (χ3n) is 5.24. The molecule has 1 heterocycles. The quantitative estimate of drug-likeness (QED) is 0.520. The number of carbonyl (C=O) groups is 4. The molecule has 1 spiro atoms. The van der Waals surface area contributed by atoms with Gasteiger partial charge in [-0.25, -0.2) is 4.79 Å². The second kappa shape index (κ2) is 8.82. The Hall–Kier alpha value is -2.61. The average Bonchev–Trinajstić information content (AvgIpc) is 3.22. The third-order valence-corrected chi connectivity index (χ3v) is 5.47. The third kappa shape index (κ3) is 4.87. The number of nitrogens with one attached hydrogen (secondary N) is 2. The van der Waals surface area contributed by atoms with Gasteiger partial charge in [0.25, 0.3) is 11.8 Å². The van der Waals surface area contributed by atoms with Crippen molar-refractivity contribution in [3.63, 3.8) is 0 Å². The summed E-state index contributed by atoms with van der Waals surface area (Å²) in [7, 11) is 0. The van der Waals surface area contributed by atoms with Crippen LogP contribution in [0.15, 0.2) is 24.3 Å². The molecule has 2 aliphatic rings.